The molecule has 1 aliphatic rings. The zero-order chi connectivity index (χ0) is 14.7. The maximum atomic E-state index is 12.2. The van der Waals surface area contributed by atoms with E-state index in [0.717, 1.165) is 30.5 Å². The summed E-state index contributed by atoms with van der Waals surface area (Å²) < 4.78 is 5.85. The van der Waals surface area contributed by atoms with Crippen LogP contribution in [0, 0.1) is 11.8 Å². The van der Waals surface area contributed by atoms with E-state index in [-0.39, 0.29) is 11.8 Å². The lowest BCUT2D eigenvalue weighted by Crippen LogP contribution is -2.36. The Labute approximate surface area is 121 Å². The molecule has 0 spiro atoms. The van der Waals surface area contributed by atoms with Gasteiger partial charge in [-0.1, -0.05) is 20.8 Å². The second kappa shape index (κ2) is 6.44. The number of hydrogen-bond acceptors (Lipinski definition) is 3. The van der Waals surface area contributed by atoms with E-state index in [0.29, 0.717) is 12.5 Å². The largest absolute Gasteiger partial charge is 0.464 e. The molecular formula is C16H26N2O2. The smallest absolute Gasteiger partial charge is 0.226 e. The fraction of sp³-hybridized carbons (Fsp3) is 0.688. The van der Waals surface area contributed by atoms with Crippen LogP contribution in [-0.4, -0.2) is 30.9 Å². The average Bonchev–Trinajstić information content (AvgIpc) is 2.98. The van der Waals surface area contributed by atoms with Crippen LogP contribution in [0.3, 0.4) is 0 Å². The summed E-state index contributed by atoms with van der Waals surface area (Å²) in [6, 6.07) is 4.06. The van der Waals surface area contributed by atoms with Crippen molar-refractivity contribution in [1.82, 2.24) is 10.2 Å². The molecule has 112 valence electrons. The Morgan fingerprint density at radius 2 is 2.25 bits per heavy atom. The minimum atomic E-state index is -0.00200. The third-order valence-corrected chi connectivity index (χ3v) is 4.05. The molecule has 0 saturated heterocycles. The van der Waals surface area contributed by atoms with Gasteiger partial charge in [-0.2, -0.15) is 0 Å². The van der Waals surface area contributed by atoms with E-state index in [4.69, 9.17) is 4.42 Å². The lowest BCUT2D eigenvalue weighted by atomic mass is 10.1. The molecule has 1 amide bonds. The molecule has 0 bridgehead atoms. The van der Waals surface area contributed by atoms with Crippen molar-refractivity contribution in [2.24, 2.45) is 11.8 Å². The number of nitrogens with zero attached hydrogens (tertiary/aromatic N) is 1. The molecule has 3 atom stereocenters. The van der Waals surface area contributed by atoms with Gasteiger partial charge in [0, 0.05) is 25.4 Å². The second-order valence-corrected chi connectivity index (χ2v) is 6.03. The van der Waals surface area contributed by atoms with Gasteiger partial charge in [-0.05, 0) is 31.0 Å². The van der Waals surface area contributed by atoms with Gasteiger partial charge in [-0.25, -0.2) is 0 Å². The number of carbonyl (C=O) groups is 1. The zero-order valence-electron chi connectivity index (χ0n) is 13.0. The molecule has 1 aromatic heterocycles. The molecule has 4 nitrogen and oxygen atoms in total. The van der Waals surface area contributed by atoms with Crippen molar-refractivity contribution >= 4 is 5.91 Å². The lowest BCUT2D eigenvalue weighted by Gasteiger charge is -2.20. The lowest BCUT2D eigenvalue weighted by molar-refractivity contribution is -0.134. The third kappa shape index (κ3) is 3.63. The van der Waals surface area contributed by atoms with E-state index < -0.39 is 0 Å². The molecule has 1 N–H and O–H groups in total. The Morgan fingerprint density at radius 3 is 2.85 bits per heavy atom. The minimum Gasteiger partial charge on any atom is -0.464 e. The van der Waals surface area contributed by atoms with Crippen LogP contribution < -0.4 is 5.32 Å². The van der Waals surface area contributed by atoms with Crippen LogP contribution in [0.1, 0.15) is 44.6 Å². The summed E-state index contributed by atoms with van der Waals surface area (Å²) >= 11 is 0. The van der Waals surface area contributed by atoms with Gasteiger partial charge in [0.1, 0.15) is 11.5 Å². The fourth-order valence-electron chi connectivity index (χ4n) is 2.53. The van der Waals surface area contributed by atoms with Crippen LogP contribution in [0.15, 0.2) is 16.5 Å². The van der Waals surface area contributed by atoms with Gasteiger partial charge >= 0.3 is 0 Å². The maximum Gasteiger partial charge on any atom is 0.226 e. The van der Waals surface area contributed by atoms with E-state index in [9.17, 15) is 4.79 Å². The highest BCUT2D eigenvalue weighted by Gasteiger charge is 2.36. The summed E-state index contributed by atoms with van der Waals surface area (Å²) in [5, 5.41) is 3.21. The summed E-state index contributed by atoms with van der Waals surface area (Å²) in [5.41, 5.74) is 0. The van der Waals surface area contributed by atoms with E-state index in [2.05, 4.69) is 18.3 Å². The first kappa shape index (κ1) is 15.1. The van der Waals surface area contributed by atoms with Gasteiger partial charge in [0.25, 0.3) is 0 Å². The molecule has 0 radical (unpaired) electrons. The number of hydrogen-bond donors (Lipinski definition) is 1. The van der Waals surface area contributed by atoms with Gasteiger partial charge < -0.3 is 14.6 Å². The molecule has 1 saturated carbocycles. The van der Waals surface area contributed by atoms with Crippen LogP contribution in [0.4, 0.5) is 0 Å². The number of rotatable bonds is 7. The summed E-state index contributed by atoms with van der Waals surface area (Å²) in [4.78, 5) is 14.0. The monoisotopic (exact) mass is 278 g/mol. The molecule has 2 rings (SSSR count). The normalized spacial score (nSPS) is 22.6. The van der Waals surface area contributed by atoms with Gasteiger partial charge in [-0.15, -0.1) is 0 Å². The van der Waals surface area contributed by atoms with Crippen molar-refractivity contribution in [2.45, 2.75) is 39.7 Å². The predicted octanol–water partition coefficient (Wildman–Crippen LogP) is 2.61. The van der Waals surface area contributed by atoms with Crippen molar-refractivity contribution in [1.29, 1.82) is 0 Å². The number of amides is 1. The summed E-state index contributed by atoms with van der Waals surface area (Å²) in [6.45, 7) is 8.41. The molecular weight excluding hydrogens is 252 g/mol. The SMILES string of the molecule is CCNCC(C)C(=O)N(C)Cc1ccc(C2CC2C)o1. The second-order valence-electron chi connectivity index (χ2n) is 6.03. The van der Waals surface area contributed by atoms with Gasteiger partial charge in [0.05, 0.1) is 6.54 Å². The van der Waals surface area contributed by atoms with Crippen molar-refractivity contribution in [2.75, 3.05) is 20.1 Å². The van der Waals surface area contributed by atoms with Gasteiger partial charge in [0.2, 0.25) is 5.91 Å². The molecule has 1 heterocycles. The third-order valence-electron chi connectivity index (χ3n) is 4.05. The topological polar surface area (TPSA) is 45.5 Å². The van der Waals surface area contributed by atoms with Gasteiger partial charge in [-0.3, -0.25) is 4.79 Å². The quantitative estimate of drug-likeness (QED) is 0.834. The summed E-state index contributed by atoms with van der Waals surface area (Å²) in [7, 11) is 1.84. The standard InChI is InChI=1S/C16H26N2O2/c1-5-17-9-12(3)16(19)18(4)10-13-6-7-15(20-13)14-8-11(14)2/h6-7,11-12,14,17H,5,8-10H2,1-4H3. The number of nitrogens with one attached hydrogen (secondary N) is 1. The van der Waals surface area contributed by atoms with Gasteiger partial charge in [0.15, 0.2) is 0 Å². The molecule has 4 heteroatoms. The number of furan rings is 1. The van der Waals surface area contributed by atoms with E-state index in [1.165, 1.54) is 6.42 Å². The predicted molar refractivity (Wildman–Crippen MR) is 79.4 cm³/mol. The van der Waals surface area contributed by atoms with Crippen LogP contribution >= 0.6 is 0 Å². The summed E-state index contributed by atoms with van der Waals surface area (Å²) in [5.74, 6) is 3.45. The van der Waals surface area contributed by atoms with Crippen molar-refractivity contribution < 1.29 is 9.21 Å². The highest BCUT2D eigenvalue weighted by Crippen LogP contribution is 2.47. The van der Waals surface area contributed by atoms with Crippen molar-refractivity contribution in [3.63, 3.8) is 0 Å². The van der Waals surface area contributed by atoms with Crippen molar-refractivity contribution in [3.05, 3.63) is 23.7 Å². The van der Waals surface area contributed by atoms with E-state index in [1.54, 1.807) is 4.90 Å². The van der Waals surface area contributed by atoms with Crippen LogP contribution in [0.5, 0.6) is 0 Å². The van der Waals surface area contributed by atoms with Crippen LogP contribution in [0.2, 0.25) is 0 Å². The number of carbonyl (C=O) groups excluding carboxylic acids is 1. The fourth-order valence-corrected chi connectivity index (χ4v) is 2.53. The molecule has 3 unspecified atom stereocenters. The average molecular weight is 278 g/mol. The van der Waals surface area contributed by atoms with Crippen molar-refractivity contribution in [3.8, 4) is 0 Å². The molecule has 0 aromatic carbocycles. The highest BCUT2D eigenvalue weighted by molar-refractivity contribution is 5.78. The first-order chi connectivity index (χ1) is 9.52. The van der Waals surface area contributed by atoms with E-state index in [1.807, 2.05) is 27.0 Å². The minimum absolute atomic E-state index is 0.00200. The Hall–Kier alpha value is -1.29. The zero-order valence-corrected chi connectivity index (χ0v) is 13.0. The van der Waals surface area contributed by atoms with E-state index >= 15 is 0 Å². The van der Waals surface area contributed by atoms with Crippen LogP contribution in [0.25, 0.3) is 0 Å². The molecule has 1 aliphatic carbocycles. The Balaban J connectivity index is 1.85. The molecule has 1 fully saturated rings. The Kier molecular flexibility index (Phi) is 4.86. The van der Waals surface area contributed by atoms with Crippen LogP contribution in [-0.2, 0) is 11.3 Å². The first-order valence-corrected chi connectivity index (χ1v) is 7.57. The molecule has 1 aromatic rings. The highest BCUT2D eigenvalue weighted by atomic mass is 16.3. The summed E-state index contributed by atoms with van der Waals surface area (Å²) in [6.07, 6.45) is 1.22. The maximum absolute atomic E-state index is 12.2. The molecule has 20 heavy (non-hydrogen) atoms. The molecule has 0 aliphatic heterocycles. The first-order valence-electron chi connectivity index (χ1n) is 7.57. The Morgan fingerprint density at radius 1 is 1.55 bits per heavy atom. The Bertz CT molecular complexity index is 455.